The van der Waals surface area contributed by atoms with E-state index in [2.05, 4.69) is 10.3 Å². The lowest BCUT2D eigenvalue weighted by Gasteiger charge is -2.44. The third-order valence-corrected chi connectivity index (χ3v) is 6.97. The van der Waals surface area contributed by atoms with Crippen molar-refractivity contribution in [2.24, 2.45) is 13.0 Å². The zero-order valence-electron chi connectivity index (χ0n) is 16.9. The van der Waals surface area contributed by atoms with Crippen molar-refractivity contribution >= 4 is 11.8 Å². The summed E-state index contributed by atoms with van der Waals surface area (Å²) in [5.74, 6) is 0.378. The molecule has 9 heteroatoms. The average Bonchev–Trinajstić information content (AvgIpc) is 3.35. The zero-order valence-corrected chi connectivity index (χ0v) is 16.9. The number of aromatic nitrogens is 4. The maximum atomic E-state index is 13.4. The minimum atomic E-state index is -0.559. The molecular formula is C20H26N6O3. The van der Waals surface area contributed by atoms with Gasteiger partial charge in [0.15, 0.2) is 0 Å². The van der Waals surface area contributed by atoms with Gasteiger partial charge in [-0.05, 0) is 26.2 Å². The van der Waals surface area contributed by atoms with Crippen LogP contribution in [0, 0.1) is 12.8 Å². The summed E-state index contributed by atoms with van der Waals surface area (Å²) in [5, 5.41) is 7.67. The SMILES string of the molecule is Cc1nonc1CC(=O)N1CCc2c(ncn2C)C12CCN(C(=O)C1CCC1)C2. The number of hydrogen-bond acceptors (Lipinski definition) is 6. The van der Waals surface area contributed by atoms with Gasteiger partial charge >= 0.3 is 0 Å². The van der Waals surface area contributed by atoms with Gasteiger partial charge in [0.05, 0.1) is 18.4 Å². The minimum absolute atomic E-state index is 0.0157. The first kappa shape index (κ1) is 18.3. The monoisotopic (exact) mass is 398 g/mol. The lowest BCUT2D eigenvalue weighted by atomic mass is 9.84. The molecule has 0 N–H and O–H groups in total. The molecule has 0 bridgehead atoms. The molecule has 154 valence electrons. The second-order valence-electron chi connectivity index (χ2n) is 8.59. The van der Waals surface area contributed by atoms with Crippen LogP contribution in [0.1, 0.15) is 48.5 Å². The van der Waals surface area contributed by atoms with E-state index in [1.54, 1.807) is 6.92 Å². The highest BCUT2D eigenvalue weighted by molar-refractivity contribution is 5.82. The van der Waals surface area contributed by atoms with Gasteiger partial charge in [-0.2, -0.15) is 0 Å². The molecule has 29 heavy (non-hydrogen) atoms. The van der Waals surface area contributed by atoms with Crippen LogP contribution >= 0.6 is 0 Å². The second kappa shape index (κ2) is 6.67. The van der Waals surface area contributed by atoms with Gasteiger partial charge in [0.1, 0.15) is 16.9 Å². The van der Waals surface area contributed by atoms with Crippen LogP contribution in [0.2, 0.25) is 0 Å². The zero-order chi connectivity index (χ0) is 20.2. The average molecular weight is 398 g/mol. The summed E-state index contributed by atoms with van der Waals surface area (Å²) in [4.78, 5) is 34.9. The van der Waals surface area contributed by atoms with Gasteiger partial charge in [-0.25, -0.2) is 9.61 Å². The molecule has 1 saturated heterocycles. The molecule has 1 unspecified atom stereocenters. The number of rotatable bonds is 3. The van der Waals surface area contributed by atoms with Crippen molar-refractivity contribution in [1.82, 2.24) is 29.7 Å². The van der Waals surface area contributed by atoms with Crippen molar-refractivity contribution in [3.8, 4) is 0 Å². The number of imidazole rings is 1. The largest absolute Gasteiger partial charge is 0.340 e. The number of amides is 2. The fraction of sp³-hybridized carbons (Fsp3) is 0.650. The van der Waals surface area contributed by atoms with Crippen molar-refractivity contribution < 1.29 is 14.2 Å². The van der Waals surface area contributed by atoms with E-state index in [1.165, 1.54) is 0 Å². The van der Waals surface area contributed by atoms with Gasteiger partial charge in [0.25, 0.3) is 0 Å². The number of likely N-dealkylation sites (tertiary alicyclic amines) is 1. The third kappa shape index (κ3) is 2.78. The standard InChI is InChI=1S/C20H26N6O3/c1-13-15(23-29-22-13)10-17(27)26-8-6-16-18(21-12-24(16)2)20(26)7-9-25(11-20)19(28)14-4-3-5-14/h12,14H,3-11H2,1-2H3. The van der Waals surface area contributed by atoms with Gasteiger partial charge in [-0.3, -0.25) is 9.59 Å². The van der Waals surface area contributed by atoms with Crippen LogP contribution in [0.15, 0.2) is 11.0 Å². The van der Waals surface area contributed by atoms with Gasteiger partial charge in [0, 0.05) is 44.7 Å². The molecule has 3 aliphatic rings. The number of fused-ring (bicyclic) bond motifs is 2. The highest BCUT2D eigenvalue weighted by atomic mass is 16.6. The highest BCUT2D eigenvalue weighted by Crippen LogP contribution is 2.43. The van der Waals surface area contributed by atoms with Gasteiger partial charge < -0.3 is 14.4 Å². The second-order valence-corrected chi connectivity index (χ2v) is 8.59. The molecule has 2 aromatic rings. The smallest absolute Gasteiger partial charge is 0.229 e. The summed E-state index contributed by atoms with van der Waals surface area (Å²) >= 11 is 0. The maximum absolute atomic E-state index is 13.4. The van der Waals surface area contributed by atoms with Crippen LogP contribution in [0.4, 0.5) is 0 Å². The fourth-order valence-corrected chi connectivity index (χ4v) is 5.02. The Morgan fingerprint density at radius 1 is 1.28 bits per heavy atom. The van der Waals surface area contributed by atoms with Crippen LogP contribution in [0.3, 0.4) is 0 Å². The summed E-state index contributed by atoms with van der Waals surface area (Å²) in [6.45, 7) is 3.59. The van der Waals surface area contributed by atoms with E-state index in [4.69, 9.17) is 9.61 Å². The Kier molecular flexibility index (Phi) is 4.22. The number of aryl methyl sites for hydroxylation is 2. The van der Waals surface area contributed by atoms with Crippen LogP contribution < -0.4 is 0 Å². The Morgan fingerprint density at radius 2 is 2.10 bits per heavy atom. The summed E-state index contributed by atoms with van der Waals surface area (Å²) < 4.78 is 6.81. The highest BCUT2D eigenvalue weighted by Gasteiger charge is 2.53. The molecule has 2 fully saturated rings. The van der Waals surface area contributed by atoms with E-state index in [0.29, 0.717) is 31.0 Å². The van der Waals surface area contributed by atoms with Crippen molar-refractivity contribution in [2.45, 2.75) is 51.0 Å². The summed E-state index contributed by atoms with van der Waals surface area (Å²) in [5.41, 5.74) is 2.74. The van der Waals surface area contributed by atoms with Crippen LogP contribution in [0.25, 0.3) is 0 Å². The molecule has 2 aromatic heterocycles. The lowest BCUT2D eigenvalue weighted by molar-refractivity contribution is -0.142. The van der Waals surface area contributed by atoms with Crippen molar-refractivity contribution in [2.75, 3.05) is 19.6 Å². The maximum Gasteiger partial charge on any atom is 0.229 e. The minimum Gasteiger partial charge on any atom is -0.340 e. The fourth-order valence-electron chi connectivity index (χ4n) is 5.02. The molecule has 4 heterocycles. The van der Waals surface area contributed by atoms with Crippen molar-refractivity contribution in [3.05, 3.63) is 29.1 Å². The predicted molar refractivity (Wildman–Crippen MR) is 102 cm³/mol. The van der Waals surface area contributed by atoms with E-state index in [9.17, 15) is 9.59 Å². The molecule has 5 rings (SSSR count). The number of nitrogens with zero attached hydrogens (tertiary/aromatic N) is 6. The summed E-state index contributed by atoms with van der Waals surface area (Å²) in [7, 11) is 1.99. The molecule has 1 saturated carbocycles. The number of carbonyl (C=O) groups excluding carboxylic acids is 2. The normalized spacial score (nSPS) is 24.1. The Hall–Kier alpha value is -2.71. The number of hydrogen-bond donors (Lipinski definition) is 0. The molecule has 0 radical (unpaired) electrons. The van der Waals surface area contributed by atoms with E-state index in [1.807, 2.05) is 27.7 Å². The summed E-state index contributed by atoms with van der Waals surface area (Å²) in [6.07, 6.45) is 6.55. The summed E-state index contributed by atoms with van der Waals surface area (Å²) in [6, 6.07) is 0. The Labute approximate surface area is 169 Å². The Morgan fingerprint density at radius 3 is 2.79 bits per heavy atom. The van der Waals surface area contributed by atoms with Gasteiger partial charge in [0.2, 0.25) is 11.8 Å². The van der Waals surface area contributed by atoms with E-state index in [-0.39, 0.29) is 24.2 Å². The molecule has 2 aliphatic heterocycles. The van der Waals surface area contributed by atoms with Crippen LogP contribution in [-0.2, 0) is 35.0 Å². The topological polar surface area (TPSA) is 97.4 Å². The molecule has 1 atom stereocenters. The van der Waals surface area contributed by atoms with Crippen molar-refractivity contribution in [3.63, 3.8) is 0 Å². The molecule has 9 nitrogen and oxygen atoms in total. The van der Waals surface area contributed by atoms with Gasteiger partial charge in [-0.1, -0.05) is 16.7 Å². The van der Waals surface area contributed by atoms with Crippen LogP contribution in [0.5, 0.6) is 0 Å². The third-order valence-electron chi connectivity index (χ3n) is 6.97. The molecule has 1 spiro atoms. The Bertz CT molecular complexity index is 961. The van der Waals surface area contributed by atoms with Gasteiger partial charge in [-0.15, -0.1) is 0 Å². The van der Waals surface area contributed by atoms with Crippen LogP contribution in [-0.4, -0.2) is 61.1 Å². The first-order valence-corrected chi connectivity index (χ1v) is 10.4. The first-order chi connectivity index (χ1) is 14.0. The predicted octanol–water partition coefficient (Wildman–Crippen LogP) is 0.967. The van der Waals surface area contributed by atoms with E-state index < -0.39 is 5.54 Å². The van der Waals surface area contributed by atoms with E-state index in [0.717, 1.165) is 43.5 Å². The molecule has 1 aliphatic carbocycles. The quantitative estimate of drug-likeness (QED) is 0.764. The van der Waals surface area contributed by atoms with E-state index >= 15 is 0 Å². The Balaban J connectivity index is 1.47. The van der Waals surface area contributed by atoms with Crippen molar-refractivity contribution in [1.29, 1.82) is 0 Å². The first-order valence-electron chi connectivity index (χ1n) is 10.4. The lowest BCUT2D eigenvalue weighted by Crippen LogP contribution is -2.56. The number of carbonyl (C=O) groups is 2. The molecule has 2 amide bonds. The molecule has 0 aromatic carbocycles. The molecular weight excluding hydrogens is 372 g/mol.